The number of thiazole rings is 1. The van der Waals surface area contributed by atoms with Gasteiger partial charge >= 0.3 is 0 Å². The lowest BCUT2D eigenvalue weighted by Gasteiger charge is -1.90. The van der Waals surface area contributed by atoms with Gasteiger partial charge in [-0.1, -0.05) is 11.8 Å². The van der Waals surface area contributed by atoms with Crippen molar-refractivity contribution in [2.75, 3.05) is 5.73 Å². The van der Waals surface area contributed by atoms with E-state index in [1.165, 1.54) is 23.1 Å². The first kappa shape index (κ1) is 8.58. The van der Waals surface area contributed by atoms with Crippen molar-refractivity contribution in [2.24, 2.45) is 0 Å². The molecule has 6 heteroatoms. The predicted molar refractivity (Wildman–Crippen MR) is 52.6 cm³/mol. The molecular formula is C7H7N3OS2. The van der Waals surface area contributed by atoms with Crippen LogP contribution in [0.15, 0.2) is 27.5 Å². The minimum Gasteiger partial charge on any atom is -0.440 e. The highest BCUT2D eigenvalue weighted by Gasteiger charge is 2.02. The average molecular weight is 213 g/mol. The topological polar surface area (TPSA) is 64.9 Å². The summed E-state index contributed by atoms with van der Waals surface area (Å²) in [7, 11) is 0. The smallest absolute Gasteiger partial charge is 0.255 e. The van der Waals surface area contributed by atoms with Crippen LogP contribution in [0.25, 0.3) is 0 Å². The van der Waals surface area contributed by atoms with Crippen molar-refractivity contribution < 1.29 is 4.42 Å². The van der Waals surface area contributed by atoms with E-state index in [0.717, 1.165) is 11.4 Å². The summed E-state index contributed by atoms with van der Waals surface area (Å²) >= 11 is 2.95. The van der Waals surface area contributed by atoms with Gasteiger partial charge in [-0.15, -0.1) is 11.3 Å². The maximum atomic E-state index is 5.49. The number of nitrogen functional groups attached to an aromatic ring is 1. The highest BCUT2D eigenvalue weighted by molar-refractivity contribution is 7.98. The summed E-state index contributed by atoms with van der Waals surface area (Å²) < 4.78 is 5.06. The SMILES string of the molecule is Nc1nc(CSc2ncco2)cs1. The normalized spacial score (nSPS) is 10.5. The monoisotopic (exact) mass is 213 g/mol. The van der Waals surface area contributed by atoms with Crippen molar-refractivity contribution in [2.45, 2.75) is 11.0 Å². The van der Waals surface area contributed by atoms with E-state index in [2.05, 4.69) is 9.97 Å². The second-order valence-corrected chi connectivity index (χ2v) is 4.08. The van der Waals surface area contributed by atoms with E-state index in [0.29, 0.717) is 10.4 Å². The van der Waals surface area contributed by atoms with E-state index in [-0.39, 0.29) is 0 Å². The molecule has 68 valence electrons. The van der Waals surface area contributed by atoms with Crippen molar-refractivity contribution in [3.8, 4) is 0 Å². The summed E-state index contributed by atoms with van der Waals surface area (Å²) in [6.07, 6.45) is 3.18. The average Bonchev–Trinajstić information content (AvgIpc) is 2.71. The summed E-state index contributed by atoms with van der Waals surface area (Å²) in [4.78, 5) is 8.09. The van der Waals surface area contributed by atoms with Crippen LogP contribution in [0.4, 0.5) is 5.13 Å². The number of nitrogens with zero attached hydrogens (tertiary/aromatic N) is 2. The first-order valence-electron chi connectivity index (χ1n) is 3.57. The van der Waals surface area contributed by atoms with E-state index < -0.39 is 0 Å². The highest BCUT2D eigenvalue weighted by Crippen LogP contribution is 2.22. The van der Waals surface area contributed by atoms with Gasteiger partial charge in [0, 0.05) is 11.1 Å². The van der Waals surface area contributed by atoms with Gasteiger partial charge in [-0.25, -0.2) is 9.97 Å². The fraction of sp³-hybridized carbons (Fsp3) is 0.143. The number of anilines is 1. The number of hydrogen-bond acceptors (Lipinski definition) is 6. The van der Waals surface area contributed by atoms with Crippen molar-refractivity contribution in [3.05, 3.63) is 23.5 Å². The number of oxazole rings is 1. The zero-order chi connectivity index (χ0) is 9.10. The summed E-state index contributed by atoms with van der Waals surface area (Å²) in [6, 6.07) is 0. The first-order valence-corrected chi connectivity index (χ1v) is 5.43. The number of aromatic nitrogens is 2. The first-order chi connectivity index (χ1) is 6.34. The molecule has 0 radical (unpaired) electrons. The van der Waals surface area contributed by atoms with Crippen molar-refractivity contribution in [1.82, 2.24) is 9.97 Å². The molecule has 2 N–H and O–H groups in total. The third-order valence-electron chi connectivity index (χ3n) is 1.32. The lowest BCUT2D eigenvalue weighted by molar-refractivity contribution is 0.454. The third kappa shape index (κ3) is 2.22. The number of thioether (sulfide) groups is 1. The molecule has 0 aliphatic heterocycles. The van der Waals surface area contributed by atoms with Crippen LogP contribution in [0.2, 0.25) is 0 Å². The van der Waals surface area contributed by atoms with Crippen LogP contribution in [-0.2, 0) is 5.75 Å². The minimum absolute atomic E-state index is 0.600. The van der Waals surface area contributed by atoms with Crippen LogP contribution in [0, 0.1) is 0 Å². The molecule has 2 aromatic rings. The van der Waals surface area contributed by atoms with Gasteiger partial charge < -0.3 is 10.2 Å². The van der Waals surface area contributed by atoms with E-state index in [4.69, 9.17) is 10.2 Å². The Morgan fingerprint density at radius 2 is 2.54 bits per heavy atom. The van der Waals surface area contributed by atoms with Crippen molar-refractivity contribution in [1.29, 1.82) is 0 Å². The Morgan fingerprint density at radius 1 is 1.62 bits per heavy atom. The van der Waals surface area contributed by atoms with Crippen LogP contribution in [0.5, 0.6) is 0 Å². The van der Waals surface area contributed by atoms with Gasteiger partial charge in [-0.05, 0) is 0 Å². The van der Waals surface area contributed by atoms with Gasteiger partial charge in [-0.2, -0.15) is 0 Å². The molecule has 2 rings (SSSR count). The molecule has 13 heavy (non-hydrogen) atoms. The molecule has 0 atom stereocenters. The summed E-state index contributed by atoms with van der Waals surface area (Å²) in [5.74, 6) is 0.744. The molecule has 0 spiro atoms. The van der Waals surface area contributed by atoms with Crippen LogP contribution in [0.1, 0.15) is 5.69 Å². The fourth-order valence-electron chi connectivity index (χ4n) is 0.806. The van der Waals surface area contributed by atoms with Crippen LogP contribution in [-0.4, -0.2) is 9.97 Å². The predicted octanol–water partition coefficient (Wildman–Crippen LogP) is 2.01. The molecule has 2 heterocycles. The largest absolute Gasteiger partial charge is 0.440 e. The zero-order valence-corrected chi connectivity index (χ0v) is 8.27. The van der Waals surface area contributed by atoms with Gasteiger partial charge in [0.2, 0.25) is 0 Å². The van der Waals surface area contributed by atoms with Crippen LogP contribution < -0.4 is 5.73 Å². The number of nitrogens with two attached hydrogens (primary N) is 1. The third-order valence-corrected chi connectivity index (χ3v) is 2.93. The Labute approximate surface area is 83.2 Å². The number of rotatable bonds is 3. The van der Waals surface area contributed by atoms with Gasteiger partial charge in [0.15, 0.2) is 5.13 Å². The molecular weight excluding hydrogens is 206 g/mol. The maximum Gasteiger partial charge on any atom is 0.255 e. The lowest BCUT2D eigenvalue weighted by atomic mass is 10.6. The molecule has 2 aromatic heterocycles. The molecule has 0 saturated heterocycles. The summed E-state index contributed by atoms with van der Waals surface area (Å²) in [6.45, 7) is 0. The Kier molecular flexibility index (Phi) is 2.51. The standard InChI is InChI=1S/C7H7N3OS2/c8-6-10-5(3-12-6)4-13-7-9-1-2-11-7/h1-3H,4H2,(H2,8,10). The van der Waals surface area contributed by atoms with E-state index in [1.807, 2.05) is 5.38 Å². The lowest BCUT2D eigenvalue weighted by Crippen LogP contribution is -1.84. The quantitative estimate of drug-likeness (QED) is 0.790. The molecule has 0 aliphatic rings. The fourth-order valence-corrected chi connectivity index (χ4v) is 2.15. The molecule has 0 aromatic carbocycles. The maximum absolute atomic E-state index is 5.49. The molecule has 0 unspecified atom stereocenters. The summed E-state index contributed by atoms with van der Waals surface area (Å²) in [5.41, 5.74) is 6.45. The Balaban J connectivity index is 1.93. The summed E-state index contributed by atoms with van der Waals surface area (Å²) in [5, 5.41) is 3.19. The van der Waals surface area contributed by atoms with Gasteiger partial charge in [0.25, 0.3) is 5.22 Å². The zero-order valence-electron chi connectivity index (χ0n) is 6.64. The highest BCUT2D eigenvalue weighted by atomic mass is 32.2. The molecule has 4 nitrogen and oxygen atoms in total. The van der Waals surface area contributed by atoms with Crippen LogP contribution in [0.3, 0.4) is 0 Å². The molecule has 0 fully saturated rings. The van der Waals surface area contributed by atoms with Crippen molar-refractivity contribution in [3.63, 3.8) is 0 Å². The Morgan fingerprint density at radius 3 is 3.15 bits per heavy atom. The van der Waals surface area contributed by atoms with E-state index in [1.54, 1.807) is 12.5 Å². The molecule has 0 amide bonds. The molecule has 0 aliphatic carbocycles. The Hall–Kier alpha value is -1.01. The van der Waals surface area contributed by atoms with E-state index in [9.17, 15) is 0 Å². The van der Waals surface area contributed by atoms with Gasteiger partial charge in [0.05, 0.1) is 11.9 Å². The van der Waals surface area contributed by atoms with Crippen LogP contribution >= 0.6 is 23.1 Å². The molecule has 0 bridgehead atoms. The van der Waals surface area contributed by atoms with E-state index >= 15 is 0 Å². The second kappa shape index (κ2) is 3.80. The second-order valence-electron chi connectivity index (χ2n) is 2.26. The van der Waals surface area contributed by atoms with Gasteiger partial charge in [0.1, 0.15) is 6.26 Å². The van der Waals surface area contributed by atoms with Gasteiger partial charge in [-0.3, -0.25) is 0 Å². The minimum atomic E-state index is 0.600. The molecule has 0 saturated carbocycles. The number of hydrogen-bond donors (Lipinski definition) is 1. The van der Waals surface area contributed by atoms with Crippen molar-refractivity contribution >= 4 is 28.2 Å². The Bertz CT molecular complexity index is 371.